The molecule has 0 bridgehead atoms. The summed E-state index contributed by atoms with van der Waals surface area (Å²) in [5.74, 6) is -2.30. The van der Waals surface area contributed by atoms with Crippen molar-refractivity contribution in [1.29, 1.82) is 0 Å². The summed E-state index contributed by atoms with van der Waals surface area (Å²) in [6.07, 6.45) is 0. The number of benzene rings is 2. The Morgan fingerprint density at radius 1 is 0.857 bits per heavy atom. The Morgan fingerprint density at radius 3 is 1.95 bits per heavy atom. The van der Waals surface area contributed by atoms with Crippen molar-refractivity contribution in [3.63, 3.8) is 0 Å². The van der Waals surface area contributed by atoms with Crippen LogP contribution in [-0.2, 0) is 10.0 Å². The van der Waals surface area contributed by atoms with Gasteiger partial charge in [0, 0.05) is 0 Å². The van der Waals surface area contributed by atoms with Crippen LogP contribution >= 0.6 is 0 Å². The van der Waals surface area contributed by atoms with Crippen molar-refractivity contribution in [2.75, 3.05) is 0 Å². The largest absolute Gasteiger partial charge is 0.478 e. The number of sulfonamides is 1. The highest BCUT2D eigenvalue weighted by Crippen LogP contribution is 2.12. The van der Waals surface area contributed by atoms with E-state index in [1.165, 1.54) is 48.5 Å². The highest BCUT2D eigenvalue weighted by atomic mass is 32.2. The van der Waals surface area contributed by atoms with Crippen molar-refractivity contribution < 1.29 is 23.1 Å². The number of aromatic carboxylic acids is 1. The molecule has 2 aromatic carbocycles. The van der Waals surface area contributed by atoms with E-state index >= 15 is 0 Å². The number of amides is 1. The second-order valence-corrected chi connectivity index (χ2v) is 5.78. The first-order chi connectivity index (χ1) is 9.92. The molecule has 2 N–H and O–H groups in total. The molecule has 0 unspecified atom stereocenters. The molecule has 0 aromatic heterocycles. The van der Waals surface area contributed by atoms with Gasteiger partial charge in [0.15, 0.2) is 0 Å². The normalized spacial score (nSPS) is 10.9. The maximum atomic E-state index is 12.0. The van der Waals surface area contributed by atoms with Crippen LogP contribution in [0.15, 0.2) is 59.5 Å². The van der Waals surface area contributed by atoms with E-state index in [1.807, 2.05) is 4.72 Å². The smallest absolute Gasteiger partial charge is 0.336 e. The van der Waals surface area contributed by atoms with Gasteiger partial charge in [-0.2, -0.15) is 0 Å². The first kappa shape index (κ1) is 14.7. The zero-order valence-corrected chi connectivity index (χ0v) is 11.5. The summed E-state index contributed by atoms with van der Waals surface area (Å²) >= 11 is 0. The molecule has 6 nitrogen and oxygen atoms in total. The van der Waals surface area contributed by atoms with Gasteiger partial charge in [0.2, 0.25) is 0 Å². The fourth-order valence-corrected chi connectivity index (χ4v) is 2.69. The summed E-state index contributed by atoms with van der Waals surface area (Å²) in [5.41, 5.74) is -0.484. The molecular formula is C14H11NO5S. The number of nitrogens with one attached hydrogen (secondary N) is 1. The maximum Gasteiger partial charge on any atom is 0.336 e. The van der Waals surface area contributed by atoms with Gasteiger partial charge in [-0.05, 0) is 24.3 Å². The maximum absolute atomic E-state index is 12.0. The summed E-state index contributed by atoms with van der Waals surface area (Å²) in [6, 6.07) is 12.7. The van der Waals surface area contributed by atoms with Crippen molar-refractivity contribution >= 4 is 21.9 Å². The van der Waals surface area contributed by atoms with Crippen molar-refractivity contribution in [1.82, 2.24) is 4.72 Å². The third-order valence-corrected chi connectivity index (χ3v) is 4.03. The van der Waals surface area contributed by atoms with Crippen LogP contribution in [0.1, 0.15) is 20.7 Å². The van der Waals surface area contributed by atoms with Gasteiger partial charge >= 0.3 is 5.97 Å². The number of carbonyl (C=O) groups excluding carboxylic acids is 1. The molecule has 0 aliphatic heterocycles. The molecule has 0 saturated carbocycles. The molecule has 0 aliphatic rings. The fraction of sp³-hybridized carbons (Fsp3) is 0. The van der Waals surface area contributed by atoms with E-state index in [0.717, 1.165) is 0 Å². The lowest BCUT2D eigenvalue weighted by Crippen LogP contribution is -2.31. The molecule has 2 aromatic rings. The summed E-state index contributed by atoms with van der Waals surface area (Å²) in [4.78, 5) is 23.0. The molecule has 108 valence electrons. The van der Waals surface area contributed by atoms with E-state index in [9.17, 15) is 18.0 Å². The minimum absolute atomic E-state index is 0.0776. The van der Waals surface area contributed by atoms with Crippen LogP contribution in [0.3, 0.4) is 0 Å². The Hall–Kier alpha value is -2.67. The first-order valence-electron chi connectivity index (χ1n) is 5.86. The predicted molar refractivity (Wildman–Crippen MR) is 74.5 cm³/mol. The topological polar surface area (TPSA) is 101 Å². The average Bonchev–Trinajstić information content (AvgIpc) is 2.47. The Bertz CT molecular complexity index is 784. The zero-order valence-electron chi connectivity index (χ0n) is 10.7. The Kier molecular flexibility index (Phi) is 4.04. The molecule has 0 atom stereocenters. The number of carboxylic acids is 1. The van der Waals surface area contributed by atoms with Gasteiger partial charge in [-0.15, -0.1) is 0 Å². The number of carbonyl (C=O) groups is 2. The van der Waals surface area contributed by atoms with E-state index in [0.29, 0.717) is 0 Å². The highest BCUT2D eigenvalue weighted by molar-refractivity contribution is 7.90. The van der Waals surface area contributed by atoms with E-state index in [-0.39, 0.29) is 16.0 Å². The van der Waals surface area contributed by atoms with Crippen molar-refractivity contribution in [2.24, 2.45) is 0 Å². The Labute approximate surface area is 121 Å². The SMILES string of the molecule is O=C(O)c1ccccc1C(=O)NS(=O)(=O)c1ccccc1. The van der Waals surface area contributed by atoms with Gasteiger partial charge in [-0.3, -0.25) is 4.79 Å². The zero-order chi connectivity index (χ0) is 15.5. The lowest BCUT2D eigenvalue weighted by atomic mass is 10.1. The summed E-state index contributed by atoms with van der Waals surface area (Å²) < 4.78 is 25.9. The van der Waals surface area contributed by atoms with Gasteiger partial charge in [0.1, 0.15) is 0 Å². The molecule has 0 heterocycles. The molecule has 1 amide bonds. The minimum atomic E-state index is -4.04. The van der Waals surface area contributed by atoms with Gasteiger partial charge < -0.3 is 5.11 Å². The molecule has 0 radical (unpaired) electrons. The molecule has 0 saturated heterocycles. The molecule has 7 heteroatoms. The highest BCUT2D eigenvalue weighted by Gasteiger charge is 2.22. The van der Waals surface area contributed by atoms with Crippen LogP contribution in [0.2, 0.25) is 0 Å². The number of rotatable bonds is 4. The van der Waals surface area contributed by atoms with Crippen LogP contribution in [0.5, 0.6) is 0 Å². The molecule has 21 heavy (non-hydrogen) atoms. The molecular weight excluding hydrogens is 294 g/mol. The van der Waals surface area contributed by atoms with E-state index < -0.39 is 21.9 Å². The molecule has 0 spiro atoms. The monoisotopic (exact) mass is 305 g/mol. The van der Waals surface area contributed by atoms with Crippen molar-refractivity contribution in [3.8, 4) is 0 Å². The van der Waals surface area contributed by atoms with Gasteiger partial charge in [-0.1, -0.05) is 30.3 Å². The van der Waals surface area contributed by atoms with Crippen molar-refractivity contribution in [2.45, 2.75) is 4.90 Å². The Morgan fingerprint density at radius 2 is 1.38 bits per heavy atom. The summed E-state index contributed by atoms with van der Waals surface area (Å²) in [6.45, 7) is 0. The van der Waals surface area contributed by atoms with Crippen LogP contribution in [0.25, 0.3) is 0 Å². The third kappa shape index (κ3) is 3.26. The fourth-order valence-electron chi connectivity index (χ4n) is 1.70. The first-order valence-corrected chi connectivity index (χ1v) is 7.34. The summed E-state index contributed by atoms with van der Waals surface area (Å²) in [7, 11) is -4.04. The number of carboxylic acid groups (broad SMARTS) is 1. The Balaban J connectivity index is 2.33. The number of hydrogen-bond donors (Lipinski definition) is 2. The predicted octanol–water partition coefficient (Wildman–Crippen LogP) is 1.50. The van der Waals surface area contributed by atoms with Crippen LogP contribution in [0, 0.1) is 0 Å². The van der Waals surface area contributed by atoms with E-state index in [2.05, 4.69) is 0 Å². The van der Waals surface area contributed by atoms with Crippen LogP contribution < -0.4 is 4.72 Å². The number of hydrogen-bond acceptors (Lipinski definition) is 4. The quantitative estimate of drug-likeness (QED) is 0.891. The van der Waals surface area contributed by atoms with Gasteiger partial charge in [0.05, 0.1) is 16.0 Å². The van der Waals surface area contributed by atoms with E-state index in [4.69, 9.17) is 5.11 Å². The molecule has 2 rings (SSSR count). The van der Waals surface area contributed by atoms with Crippen molar-refractivity contribution in [3.05, 3.63) is 65.7 Å². The standard InChI is InChI=1S/C14H11NO5S/c16-13(11-8-4-5-9-12(11)14(17)18)15-21(19,20)10-6-2-1-3-7-10/h1-9H,(H,15,16)(H,17,18). The van der Waals surface area contributed by atoms with Crippen LogP contribution in [0.4, 0.5) is 0 Å². The summed E-state index contributed by atoms with van der Waals surface area (Å²) in [5, 5.41) is 9.00. The molecule has 0 fully saturated rings. The third-order valence-electron chi connectivity index (χ3n) is 2.68. The van der Waals surface area contributed by atoms with Gasteiger partial charge in [-0.25, -0.2) is 17.9 Å². The van der Waals surface area contributed by atoms with Crippen LogP contribution in [-0.4, -0.2) is 25.4 Å². The molecule has 0 aliphatic carbocycles. The average molecular weight is 305 g/mol. The lowest BCUT2D eigenvalue weighted by Gasteiger charge is -2.08. The minimum Gasteiger partial charge on any atom is -0.478 e. The van der Waals surface area contributed by atoms with E-state index in [1.54, 1.807) is 6.07 Å². The second kappa shape index (κ2) is 5.76. The lowest BCUT2D eigenvalue weighted by molar-refractivity contribution is 0.0691. The second-order valence-electron chi connectivity index (χ2n) is 4.10. The van der Waals surface area contributed by atoms with Gasteiger partial charge in [0.25, 0.3) is 15.9 Å².